The van der Waals surface area contributed by atoms with E-state index >= 15 is 0 Å². The Kier molecular flexibility index (Phi) is 65.2. The topological polar surface area (TPSA) is 78.9 Å². The first-order chi connectivity index (χ1) is 40.0. The number of hydrogen-bond acceptors (Lipinski definition) is 6. The van der Waals surface area contributed by atoms with Crippen LogP contribution < -0.4 is 0 Å². The number of esters is 3. The van der Waals surface area contributed by atoms with E-state index in [0.717, 1.165) is 135 Å². The second kappa shape index (κ2) is 68.6. The Morgan fingerprint density at radius 2 is 0.506 bits per heavy atom. The largest absolute Gasteiger partial charge is 0.462 e. The van der Waals surface area contributed by atoms with Crippen LogP contribution in [0.25, 0.3) is 0 Å². The lowest BCUT2D eigenvalue weighted by Gasteiger charge is -2.18. The predicted molar refractivity (Wildman–Crippen MR) is 353 cm³/mol. The molecular formula is C75H128O6. The van der Waals surface area contributed by atoms with Crippen LogP contribution in [-0.4, -0.2) is 37.2 Å². The van der Waals surface area contributed by atoms with Gasteiger partial charge >= 0.3 is 17.9 Å². The van der Waals surface area contributed by atoms with Gasteiger partial charge in [0.1, 0.15) is 13.2 Å². The van der Waals surface area contributed by atoms with Gasteiger partial charge in [0, 0.05) is 19.3 Å². The highest BCUT2D eigenvalue weighted by atomic mass is 16.6. The Hall–Kier alpha value is -3.93. The molecule has 0 saturated carbocycles. The molecule has 81 heavy (non-hydrogen) atoms. The molecule has 0 aromatic rings. The van der Waals surface area contributed by atoms with Gasteiger partial charge in [-0.15, -0.1) is 0 Å². The third-order valence-corrected chi connectivity index (χ3v) is 14.7. The molecule has 1 atom stereocenters. The number of ether oxygens (including phenoxy) is 3. The number of carbonyl (C=O) groups excluding carboxylic acids is 3. The molecule has 0 rings (SSSR count). The van der Waals surface area contributed by atoms with Crippen LogP contribution in [0.15, 0.2) is 109 Å². The third-order valence-electron chi connectivity index (χ3n) is 14.7. The monoisotopic (exact) mass is 1120 g/mol. The smallest absolute Gasteiger partial charge is 0.306 e. The summed E-state index contributed by atoms with van der Waals surface area (Å²) in [6.45, 7) is 6.46. The van der Waals surface area contributed by atoms with Gasteiger partial charge in [0.2, 0.25) is 0 Å². The van der Waals surface area contributed by atoms with Crippen LogP contribution in [0.3, 0.4) is 0 Å². The fraction of sp³-hybridized carbons (Fsp3) is 0.720. The van der Waals surface area contributed by atoms with Crippen molar-refractivity contribution in [1.29, 1.82) is 0 Å². The highest BCUT2D eigenvalue weighted by Crippen LogP contribution is 2.17. The second-order valence-electron chi connectivity index (χ2n) is 22.7. The quantitative estimate of drug-likeness (QED) is 0.0261. The molecule has 0 fully saturated rings. The van der Waals surface area contributed by atoms with Crippen molar-refractivity contribution < 1.29 is 28.6 Å². The first-order valence-corrected chi connectivity index (χ1v) is 34.4. The van der Waals surface area contributed by atoms with Crippen molar-refractivity contribution in [3.8, 4) is 0 Å². The van der Waals surface area contributed by atoms with E-state index in [2.05, 4.69) is 130 Å². The summed E-state index contributed by atoms with van der Waals surface area (Å²) in [4.78, 5) is 38.4. The average molecular weight is 1130 g/mol. The van der Waals surface area contributed by atoms with Crippen molar-refractivity contribution in [2.45, 2.75) is 335 Å². The van der Waals surface area contributed by atoms with E-state index in [9.17, 15) is 14.4 Å². The molecule has 0 aliphatic rings. The normalized spacial score (nSPS) is 12.8. The molecule has 0 aromatic heterocycles. The lowest BCUT2D eigenvalue weighted by Crippen LogP contribution is -2.30. The van der Waals surface area contributed by atoms with Crippen LogP contribution in [0.1, 0.15) is 329 Å². The lowest BCUT2D eigenvalue weighted by molar-refractivity contribution is -0.167. The average Bonchev–Trinajstić information content (AvgIpc) is 3.46. The molecule has 0 spiro atoms. The van der Waals surface area contributed by atoms with Crippen molar-refractivity contribution in [3.05, 3.63) is 109 Å². The van der Waals surface area contributed by atoms with E-state index in [1.807, 2.05) is 0 Å². The molecule has 0 N–H and O–H groups in total. The Morgan fingerprint density at radius 3 is 0.802 bits per heavy atom. The lowest BCUT2D eigenvalue weighted by atomic mass is 10.0. The summed E-state index contributed by atoms with van der Waals surface area (Å²) in [5, 5.41) is 0. The molecular weight excluding hydrogens is 997 g/mol. The number of unbranched alkanes of at least 4 members (excludes halogenated alkanes) is 33. The molecule has 0 bridgehead atoms. The second-order valence-corrected chi connectivity index (χ2v) is 22.7. The van der Waals surface area contributed by atoms with E-state index in [1.54, 1.807) is 0 Å². The number of allylic oxidation sites excluding steroid dienone is 18. The number of hydrogen-bond donors (Lipinski definition) is 0. The minimum Gasteiger partial charge on any atom is -0.462 e. The molecule has 0 saturated heterocycles. The van der Waals surface area contributed by atoms with Gasteiger partial charge in [-0.25, -0.2) is 0 Å². The molecule has 0 aliphatic heterocycles. The van der Waals surface area contributed by atoms with E-state index in [-0.39, 0.29) is 31.1 Å². The van der Waals surface area contributed by atoms with Gasteiger partial charge in [0.15, 0.2) is 6.10 Å². The first-order valence-electron chi connectivity index (χ1n) is 34.4. The highest BCUT2D eigenvalue weighted by molar-refractivity contribution is 5.71. The van der Waals surface area contributed by atoms with Gasteiger partial charge in [0.25, 0.3) is 0 Å². The van der Waals surface area contributed by atoms with Crippen LogP contribution in [0.4, 0.5) is 0 Å². The fourth-order valence-corrected chi connectivity index (χ4v) is 9.60. The molecule has 0 heterocycles. The maximum atomic E-state index is 13.0. The summed E-state index contributed by atoms with van der Waals surface area (Å²) in [6.07, 6.45) is 93.9. The molecule has 0 aromatic carbocycles. The molecule has 0 aliphatic carbocycles. The third kappa shape index (κ3) is 66.8. The van der Waals surface area contributed by atoms with Gasteiger partial charge < -0.3 is 14.2 Å². The van der Waals surface area contributed by atoms with Gasteiger partial charge in [-0.2, -0.15) is 0 Å². The molecule has 6 heteroatoms. The summed E-state index contributed by atoms with van der Waals surface area (Å²) in [6, 6.07) is 0. The SMILES string of the molecule is CC/C=C\C/C=C\C/C=C\C/C=C\C/C=C\CCCCCCCCCCCC(=O)OCC(COC(=O)CCCCCCC/C=C\C/C=C\CCC)OC(=O)CCCCCCCCCCCCCCC/C=C\C/C=C\CCCCCCC. The van der Waals surface area contributed by atoms with E-state index in [4.69, 9.17) is 14.2 Å². The highest BCUT2D eigenvalue weighted by Gasteiger charge is 2.19. The summed E-state index contributed by atoms with van der Waals surface area (Å²) in [5.41, 5.74) is 0. The molecule has 6 nitrogen and oxygen atoms in total. The van der Waals surface area contributed by atoms with Crippen LogP contribution in [0, 0.1) is 0 Å². The molecule has 464 valence electrons. The minimum absolute atomic E-state index is 0.0857. The maximum absolute atomic E-state index is 13.0. The van der Waals surface area contributed by atoms with Gasteiger partial charge in [-0.1, -0.05) is 297 Å². The van der Waals surface area contributed by atoms with Crippen molar-refractivity contribution in [3.63, 3.8) is 0 Å². The van der Waals surface area contributed by atoms with E-state index in [0.29, 0.717) is 19.3 Å². The molecule has 0 radical (unpaired) electrons. The maximum Gasteiger partial charge on any atom is 0.306 e. The summed E-state index contributed by atoms with van der Waals surface area (Å²) < 4.78 is 17.0. The van der Waals surface area contributed by atoms with Crippen molar-refractivity contribution in [2.75, 3.05) is 13.2 Å². The molecule has 0 amide bonds. The number of carbonyl (C=O) groups is 3. The van der Waals surface area contributed by atoms with Crippen molar-refractivity contribution in [1.82, 2.24) is 0 Å². The standard InChI is InChI=1S/C75H128O6/c1-4-7-10-13-16-19-22-25-27-29-31-33-35-37-39-41-43-45-47-50-53-56-59-62-65-68-74(77)80-71-72(70-79-73(76)67-64-61-58-55-52-49-24-21-18-15-12-9-6-3)81-75(78)69-66-63-60-57-54-51-48-46-44-42-40-38-36-34-32-30-28-26-23-20-17-14-11-8-5-2/h7,10,12,15-16,19,21,23-27,30-33,37,39,72H,4-6,8-9,11,13-14,17-18,20,22,28-29,34-36,38,40-71H2,1-3H3/b10-7-,15-12-,19-16-,24-21-,26-23-,27-25-,32-30-,33-31-,39-37-. The summed E-state index contributed by atoms with van der Waals surface area (Å²) in [7, 11) is 0. The van der Waals surface area contributed by atoms with Crippen LogP contribution in [-0.2, 0) is 28.6 Å². The van der Waals surface area contributed by atoms with Crippen LogP contribution in [0.2, 0.25) is 0 Å². The van der Waals surface area contributed by atoms with Crippen molar-refractivity contribution in [2.24, 2.45) is 0 Å². The summed E-state index contributed by atoms with van der Waals surface area (Å²) in [5.74, 6) is -0.895. The zero-order chi connectivity index (χ0) is 58.5. The fourth-order valence-electron chi connectivity index (χ4n) is 9.60. The van der Waals surface area contributed by atoms with Crippen LogP contribution in [0.5, 0.6) is 0 Å². The first kappa shape index (κ1) is 77.1. The minimum atomic E-state index is -0.790. The van der Waals surface area contributed by atoms with Gasteiger partial charge in [-0.05, 0) is 122 Å². The zero-order valence-electron chi connectivity index (χ0n) is 53.3. The van der Waals surface area contributed by atoms with Crippen LogP contribution >= 0.6 is 0 Å². The Bertz CT molecular complexity index is 1620. The van der Waals surface area contributed by atoms with E-state index in [1.165, 1.54) is 154 Å². The van der Waals surface area contributed by atoms with Gasteiger partial charge in [0.05, 0.1) is 0 Å². The molecule has 1 unspecified atom stereocenters. The summed E-state index contributed by atoms with van der Waals surface area (Å²) >= 11 is 0. The zero-order valence-corrected chi connectivity index (χ0v) is 53.3. The number of rotatable bonds is 62. The Balaban J connectivity index is 4.32. The Morgan fingerprint density at radius 1 is 0.259 bits per heavy atom. The van der Waals surface area contributed by atoms with Crippen molar-refractivity contribution >= 4 is 17.9 Å². The predicted octanol–water partition coefficient (Wildman–Crippen LogP) is 23.8. The van der Waals surface area contributed by atoms with E-state index < -0.39 is 6.10 Å². The Labute approximate surface area is 501 Å². The van der Waals surface area contributed by atoms with Gasteiger partial charge in [-0.3, -0.25) is 14.4 Å².